The molecule has 2 aromatic rings. The Bertz CT molecular complexity index is 662. The van der Waals surface area contributed by atoms with Crippen LogP contribution in [0.4, 0.5) is 0 Å². The molecule has 0 saturated heterocycles. The summed E-state index contributed by atoms with van der Waals surface area (Å²) in [6.45, 7) is 0.272. The Kier molecular flexibility index (Phi) is 3.63. The highest BCUT2D eigenvalue weighted by atomic mass is 35.5. The molecule has 1 heterocycles. The molecular weight excluding hydrogens is 297 g/mol. The van der Waals surface area contributed by atoms with Crippen molar-refractivity contribution in [2.75, 3.05) is 0 Å². The largest absolute Gasteiger partial charge is 0.267 e. The first-order valence-electron chi connectivity index (χ1n) is 4.86. The standard InChI is InChI=1S/C10H9Cl2N3O2S/c11-9-2-1-3-10(12)8(9)6-15-5-7(4-14-15)18(13,16)17/h1-5H,6H2,(H2,13,16,17). The fourth-order valence-corrected chi connectivity index (χ4v) is 2.40. The van der Waals surface area contributed by atoms with Gasteiger partial charge in [-0.2, -0.15) is 5.10 Å². The van der Waals surface area contributed by atoms with Crippen molar-refractivity contribution in [1.29, 1.82) is 0 Å². The Morgan fingerprint density at radius 1 is 1.28 bits per heavy atom. The lowest BCUT2D eigenvalue weighted by Crippen LogP contribution is -2.11. The molecule has 2 rings (SSSR count). The fourth-order valence-electron chi connectivity index (χ4n) is 1.42. The first-order valence-corrected chi connectivity index (χ1v) is 7.16. The average molecular weight is 306 g/mol. The molecule has 0 atom stereocenters. The maximum Gasteiger partial charge on any atom is 0.241 e. The van der Waals surface area contributed by atoms with Gasteiger partial charge in [-0.05, 0) is 12.1 Å². The van der Waals surface area contributed by atoms with Gasteiger partial charge in [0.1, 0.15) is 4.90 Å². The van der Waals surface area contributed by atoms with Crippen LogP contribution in [0.15, 0.2) is 35.5 Å². The molecule has 0 amide bonds. The van der Waals surface area contributed by atoms with Crippen LogP contribution < -0.4 is 5.14 Å². The summed E-state index contributed by atoms with van der Waals surface area (Å²) in [5.74, 6) is 0. The van der Waals surface area contributed by atoms with Crippen LogP contribution in [0.25, 0.3) is 0 Å². The van der Waals surface area contributed by atoms with Crippen molar-refractivity contribution < 1.29 is 8.42 Å². The minimum atomic E-state index is -3.74. The van der Waals surface area contributed by atoms with E-state index < -0.39 is 10.0 Å². The van der Waals surface area contributed by atoms with Gasteiger partial charge in [-0.3, -0.25) is 4.68 Å². The Hall–Kier alpha value is -1.08. The predicted octanol–water partition coefficient (Wildman–Crippen LogP) is 1.89. The van der Waals surface area contributed by atoms with Crippen molar-refractivity contribution in [2.45, 2.75) is 11.4 Å². The van der Waals surface area contributed by atoms with E-state index >= 15 is 0 Å². The second-order valence-electron chi connectivity index (χ2n) is 3.62. The molecule has 0 radical (unpaired) electrons. The normalized spacial score (nSPS) is 11.7. The molecule has 0 aliphatic rings. The smallest absolute Gasteiger partial charge is 0.241 e. The van der Waals surface area contributed by atoms with Crippen LogP contribution in [0.3, 0.4) is 0 Å². The van der Waals surface area contributed by atoms with Gasteiger partial charge < -0.3 is 0 Å². The van der Waals surface area contributed by atoms with E-state index in [2.05, 4.69) is 5.10 Å². The van der Waals surface area contributed by atoms with Crippen LogP contribution in [-0.2, 0) is 16.6 Å². The molecule has 2 N–H and O–H groups in total. The third kappa shape index (κ3) is 2.84. The number of halogens is 2. The van der Waals surface area contributed by atoms with Crippen LogP contribution >= 0.6 is 23.2 Å². The third-order valence-corrected chi connectivity index (χ3v) is 3.90. The minimum absolute atomic E-state index is 0.0503. The molecule has 0 saturated carbocycles. The molecular formula is C10H9Cl2N3O2S. The number of hydrogen-bond acceptors (Lipinski definition) is 3. The third-order valence-electron chi connectivity index (χ3n) is 2.32. The van der Waals surface area contributed by atoms with E-state index in [-0.39, 0.29) is 11.4 Å². The van der Waals surface area contributed by atoms with E-state index in [9.17, 15) is 8.42 Å². The lowest BCUT2D eigenvalue weighted by molar-refractivity contribution is 0.597. The first kappa shape index (κ1) is 13.4. The second-order valence-corrected chi connectivity index (χ2v) is 5.99. The van der Waals surface area contributed by atoms with Crippen LogP contribution in [0, 0.1) is 0 Å². The highest BCUT2D eigenvalue weighted by Crippen LogP contribution is 2.25. The van der Waals surface area contributed by atoms with Gasteiger partial charge in [0.2, 0.25) is 10.0 Å². The van der Waals surface area contributed by atoms with Crippen LogP contribution in [0.5, 0.6) is 0 Å². The zero-order chi connectivity index (χ0) is 13.3. The number of nitrogens with two attached hydrogens (primary N) is 1. The Labute approximate surface area is 114 Å². The molecule has 1 aromatic heterocycles. The number of primary sulfonamides is 1. The Morgan fingerprint density at radius 3 is 2.39 bits per heavy atom. The molecule has 5 nitrogen and oxygen atoms in total. The molecule has 0 fully saturated rings. The van der Waals surface area contributed by atoms with Crippen molar-refractivity contribution in [3.8, 4) is 0 Å². The molecule has 18 heavy (non-hydrogen) atoms. The fraction of sp³-hybridized carbons (Fsp3) is 0.100. The van der Waals surface area contributed by atoms with Gasteiger partial charge in [0.25, 0.3) is 0 Å². The minimum Gasteiger partial charge on any atom is -0.267 e. The lowest BCUT2D eigenvalue weighted by Gasteiger charge is -2.06. The van der Waals surface area contributed by atoms with Gasteiger partial charge in [0.05, 0.1) is 12.7 Å². The number of aromatic nitrogens is 2. The molecule has 0 aliphatic heterocycles. The Morgan fingerprint density at radius 2 is 1.89 bits per heavy atom. The highest BCUT2D eigenvalue weighted by molar-refractivity contribution is 7.89. The maximum absolute atomic E-state index is 11.1. The summed E-state index contributed by atoms with van der Waals surface area (Å²) in [5.41, 5.74) is 0.671. The lowest BCUT2D eigenvalue weighted by atomic mass is 10.2. The number of hydrogen-bond donors (Lipinski definition) is 1. The highest BCUT2D eigenvalue weighted by Gasteiger charge is 2.12. The monoisotopic (exact) mass is 305 g/mol. The van der Waals surface area contributed by atoms with Crippen molar-refractivity contribution in [2.24, 2.45) is 5.14 Å². The summed E-state index contributed by atoms with van der Waals surface area (Å²) < 4.78 is 23.6. The first-order chi connectivity index (χ1) is 8.38. The van der Waals surface area contributed by atoms with Gasteiger partial charge in [0, 0.05) is 21.8 Å². The summed E-state index contributed by atoms with van der Waals surface area (Å²) in [5, 5.41) is 9.88. The Balaban J connectivity index is 2.33. The number of benzene rings is 1. The van der Waals surface area contributed by atoms with E-state index in [0.717, 1.165) is 0 Å². The van der Waals surface area contributed by atoms with E-state index in [1.807, 2.05) is 0 Å². The van der Waals surface area contributed by atoms with E-state index in [1.165, 1.54) is 17.1 Å². The molecule has 0 unspecified atom stereocenters. The number of nitrogens with zero attached hydrogens (tertiary/aromatic N) is 2. The van der Waals surface area contributed by atoms with Crippen LogP contribution in [-0.4, -0.2) is 18.2 Å². The summed E-state index contributed by atoms with van der Waals surface area (Å²) in [7, 11) is -3.74. The molecule has 96 valence electrons. The molecule has 1 aromatic carbocycles. The zero-order valence-electron chi connectivity index (χ0n) is 9.05. The zero-order valence-corrected chi connectivity index (χ0v) is 11.4. The van der Waals surface area contributed by atoms with Crippen LogP contribution in [0.2, 0.25) is 10.0 Å². The van der Waals surface area contributed by atoms with Gasteiger partial charge >= 0.3 is 0 Å². The van der Waals surface area contributed by atoms with E-state index in [0.29, 0.717) is 15.6 Å². The van der Waals surface area contributed by atoms with Gasteiger partial charge in [-0.25, -0.2) is 13.6 Å². The summed E-state index contributed by atoms with van der Waals surface area (Å²) in [4.78, 5) is -0.0503. The average Bonchev–Trinajstić information content (AvgIpc) is 2.72. The van der Waals surface area contributed by atoms with Gasteiger partial charge in [-0.15, -0.1) is 0 Å². The summed E-state index contributed by atoms with van der Waals surface area (Å²) >= 11 is 12.0. The van der Waals surface area contributed by atoms with E-state index in [1.54, 1.807) is 18.2 Å². The van der Waals surface area contributed by atoms with E-state index in [4.69, 9.17) is 28.3 Å². The number of sulfonamides is 1. The quantitative estimate of drug-likeness (QED) is 0.940. The van der Waals surface area contributed by atoms with Crippen molar-refractivity contribution in [3.63, 3.8) is 0 Å². The predicted molar refractivity (Wildman–Crippen MR) is 69.2 cm³/mol. The topological polar surface area (TPSA) is 78.0 Å². The number of rotatable bonds is 3. The van der Waals surface area contributed by atoms with Crippen LogP contribution in [0.1, 0.15) is 5.56 Å². The maximum atomic E-state index is 11.1. The molecule has 8 heteroatoms. The summed E-state index contributed by atoms with van der Waals surface area (Å²) in [6, 6.07) is 5.13. The van der Waals surface area contributed by atoms with Gasteiger partial charge in [0.15, 0.2) is 0 Å². The van der Waals surface area contributed by atoms with Crippen molar-refractivity contribution in [1.82, 2.24) is 9.78 Å². The summed E-state index contributed by atoms with van der Waals surface area (Å²) in [6.07, 6.45) is 2.51. The molecule has 0 bridgehead atoms. The molecule has 0 spiro atoms. The molecule has 0 aliphatic carbocycles. The van der Waals surface area contributed by atoms with Crippen molar-refractivity contribution >= 4 is 33.2 Å². The second kappa shape index (κ2) is 4.89. The SMILES string of the molecule is NS(=O)(=O)c1cnn(Cc2c(Cl)cccc2Cl)c1. The van der Waals surface area contributed by atoms with Gasteiger partial charge in [-0.1, -0.05) is 29.3 Å². The van der Waals surface area contributed by atoms with Crippen molar-refractivity contribution in [3.05, 3.63) is 46.2 Å².